The van der Waals surface area contributed by atoms with Crippen LogP contribution in [0, 0.1) is 0 Å². The summed E-state index contributed by atoms with van der Waals surface area (Å²) >= 11 is 5.34. The van der Waals surface area contributed by atoms with Gasteiger partial charge in [-0.25, -0.2) is 0 Å². The first-order chi connectivity index (χ1) is 11.7. The van der Waals surface area contributed by atoms with Crippen molar-refractivity contribution in [2.24, 2.45) is 0 Å². The molecule has 0 aliphatic rings. The average Bonchev–Trinajstić information content (AvgIpc) is 3.31. The van der Waals surface area contributed by atoms with Gasteiger partial charge in [-0.2, -0.15) is 4.57 Å². The highest BCUT2D eigenvalue weighted by Gasteiger charge is 2.17. The summed E-state index contributed by atoms with van der Waals surface area (Å²) in [5, 5.41) is 13.0. The highest BCUT2D eigenvalue weighted by Crippen LogP contribution is 2.32. The van der Waals surface area contributed by atoms with Gasteiger partial charge in [0.2, 0.25) is 5.52 Å². The molecule has 120 valence electrons. The molecule has 0 saturated heterocycles. The molecule has 0 amide bonds. The lowest BCUT2D eigenvalue weighted by Gasteiger charge is -1.92. The van der Waals surface area contributed by atoms with E-state index < -0.39 is 0 Å². The molecule has 0 saturated carbocycles. The second kappa shape index (κ2) is 6.51. The summed E-state index contributed by atoms with van der Waals surface area (Å²) in [6, 6.07) is 14.2. The van der Waals surface area contributed by atoms with Crippen LogP contribution in [-0.4, -0.2) is 5.11 Å². The van der Waals surface area contributed by atoms with Crippen LogP contribution < -0.4 is 4.57 Å². The Morgan fingerprint density at radius 3 is 2.75 bits per heavy atom. The largest absolute Gasteiger partial charge is 0.508 e. The molecule has 5 heteroatoms. The third kappa shape index (κ3) is 2.90. The summed E-state index contributed by atoms with van der Waals surface area (Å²) in [5.74, 6) is 0.317. The van der Waals surface area contributed by atoms with Gasteiger partial charge >= 0.3 is 0 Å². The van der Waals surface area contributed by atoms with E-state index in [9.17, 15) is 5.11 Å². The molecule has 2 nitrogen and oxygen atoms in total. The van der Waals surface area contributed by atoms with E-state index in [1.165, 1.54) is 24.3 Å². The number of phenols is 1. The van der Waals surface area contributed by atoms with E-state index in [2.05, 4.69) is 53.3 Å². The molecule has 0 spiro atoms. The smallest absolute Gasteiger partial charge is 0.262 e. The summed E-state index contributed by atoms with van der Waals surface area (Å²) < 4.78 is 3.43. The van der Waals surface area contributed by atoms with Crippen molar-refractivity contribution in [1.29, 1.82) is 0 Å². The van der Waals surface area contributed by atoms with Crippen molar-refractivity contribution in [3.05, 3.63) is 57.7 Å². The number of rotatable bonds is 4. The monoisotopic (exact) mass is 370 g/mol. The minimum Gasteiger partial charge on any atom is -0.508 e. The number of aromatic hydroxyl groups is 1. The van der Waals surface area contributed by atoms with E-state index in [0.717, 1.165) is 12.1 Å². The van der Waals surface area contributed by atoms with E-state index >= 15 is 0 Å². The molecule has 3 heterocycles. The van der Waals surface area contributed by atoms with Gasteiger partial charge in [0.15, 0.2) is 0 Å². The first kappa shape index (κ1) is 15.6. The normalized spacial score (nSPS) is 11.7. The van der Waals surface area contributed by atoms with Crippen molar-refractivity contribution in [1.82, 2.24) is 0 Å². The van der Waals surface area contributed by atoms with Gasteiger partial charge in [-0.05, 0) is 48.7 Å². The van der Waals surface area contributed by atoms with Gasteiger partial charge in [-0.3, -0.25) is 0 Å². The minimum absolute atomic E-state index is 0.317. The quantitative estimate of drug-likeness (QED) is 0.446. The van der Waals surface area contributed by atoms with Crippen LogP contribution in [0.15, 0.2) is 47.8 Å². The Morgan fingerprint density at radius 1 is 1.04 bits per heavy atom. The first-order valence-corrected chi connectivity index (χ1v) is 10.2. The van der Waals surface area contributed by atoms with Crippen LogP contribution in [0.1, 0.15) is 16.8 Å². The summed E-state index contributed by atoms with van der Waals surface area (Å²) in [6.07, 6.45) is 4.35. The van der Waals surface area contributed by atoms with Gasteiger partial charge in [0.25, 0.3) is 5.01 Å². The zero-order valence-corrected chi connectivity index (χ0v) is 15.5. The summed E-state index contributed by atoms with van der Waals surface area (Å²) in [5.41, 5.74) is 1.09. The highest BCUT2D eigenvalue weighted by molar-refractivity contribution is 7.22. The van der Waals surface area contributed by atoms with Gasteiger partial charge in [-0.1, -0.05) is 17.4 Å². The fraction of sp³-hybridized carbons (Fsp3) is 0.105. The van der Waals surface area contributed by atoms with Crippen molar-refractivity contribution in [3.8, 4) is 15.5 Å². The van der Waals surface area contributed by atoms with Crippen LogP contribution in [0.25, 0.3) is 32.1 Å². The molecule has 0 fully saturated rings. The molecule has 0 aliphatic heterocycles. The fourth-order valence-corrected chi connectivity index (χ4v) is 5.54. The Labute approximate surface area is 152 Å². The van der Waals surface area contributed by atoms with Gasteiger partial charge in [0.1, 0.15) is 17.0 Å². The molecule has 0 atom stereocenters. The van der Waals surface area contributed by atoms with Crippen molar-refractivity contribution >= 4 is 56.4 Å². The lowest BCUT2D eigenvalue weighted by atomic mass is 10.3. The molecule has 0 radical (unpaired) electrons. The standard InChI is InChI=1S/C19H15NOS3/c1-2-20-15-12-13(21)5-8-16(15)24-19(20)10-7-14-6-9-18(23-14)17-4-3-11-22-17/h3-12H,2H2,1H3/p+1/b10-7+. The Morgan fingerprint density at radius 2 is 1.96 bits per heavy atom. The van der Waals surface area contributed by atoms with Crippen LogP contribution in [0.4, 0.5) is 0 Å². The SMILES string of the molecule is CC[n+]1c(/C=C/c2ccc(-c3cccs3)s2)sc2ccc(O)cc21. The average molecular weight is 371 g/mol. The number of aromatic nitrogens is 1. The molecule has 0 unspecified atom stereocenters. The van der Waals surface area contributed by atoms with Gasteiger partial charge in [0.05, 0.1) is 6.07 Å². The lowest BCUT2D eigenvalue weighted by Crippen LogP contribution is -2.33. The predicted molar refractivity (Wildman–Crippen MR) is 106 cm³/mol. The van der Waals surface area contributed by atoms with Crippen LogP contribution in [-0.2, 0) is 6.54 Å². The Balaban J connectivity index is 1.67. The predicted octanol–water partition coefficient (Wildman–Crippen LogP) is 5.87. The minimum atomic E-state index is 0.317. The van der Waals surface area contributed by atoms with Crippen molar-refractivity contribution in [2.45, 2.75) is 13.5 Å². The summed E-state index contributed by atoms with van der Waals surface area (Å²) in [4.78, 5) is 3.89. The highest BCUT2D eigenvalue weighted by atomic mass is 32.1. The molecule has 0 aliphatic carbocycles. The number of aryl methyl sites for hydroxylation is 1. The van der Waals surface area contributed by atoms with Crippen LogP contribution in [0.2, 0.25) is 0 Å². The Bertz CT molecular complexity index is 1010. The number of fused-ring (bicyclic) bond motifs is 1. The second-order valence-corrected chi connectivity index (χ2v) is 8.47. The number of thiazole rings is 1. The van der Waals surface area contributed by atoms with Crippen molar-refractivity contribution in [3.63, 3.8) is 0 Å². The molecule has 1 N–H and O–H groups in total. The lowest BCUT2D eigenvalue weighted by molar-refractivity contribution is -0.665. The topological polar surface area (TPSA) is 24.1 Å². The summed E-state index contributed by atoms with van der Waals surface area (Å²) in [6.45, 7) is 3.02. The van der Waals surface area contributed by atoms with Crippen molar-refractivity contribution in [2.75, 3.05) is 0 Å². The molecule has 4 aromatic rings. The Kier molecular flexibility index (Phi) is 4.22. The maximum atomic E-state index is 9.74. The van der Waals surface area contributed by atoms with Gasteiger partial charge in [0, 0.05) is 20.7 Å². The number of phenolic OH excluding ortho intramolecular Hbond substituents is 1. The van der Waals surface area contributed by atoms with Crippen molar-refractivity contribution < 1.29 is 9.67 Å². The third-order valence-electron chi connectivity index (χ3n) is 3.81. The van der Waals surface area contributed by atoms with Crippen LogP contribution in [0.5, 0.6) is 5.75 Å². The van der Waals surface area contributed by atoms with Crippen LogP contribution in [0.3, 0.4) is 0 Å². The number of thiophene rings is 2. The zero-order valence-electron chi connectivity index (χ0n) is 13.1. The molecule has 3 aromatic heterocycles. The first-order valence-electron chi connectivity index (χ1n) is 7.72. The van der Waals surface area contributed by atoms with Gasteiger partial charge < -0.3 is 5.11 Å². The number of benzene rings is 1. The van der Waals surface area contributed by atoms with Gasteiger partial charge in [-0.15, -0.1) is 22.7 Å². The second-order valence-electron chi connectivity index (χ2n) is 5.35. The molecule has 1 aromatic carbocycles. The molecule has 24 heavy (non-hydrogen) atoms. The zero-order chi connectivity index (χ0) is 16.5. The van der Waals surface area contributed by atoms with E-state index in [0.29, 0.717) is 5.75 Å². The molecule has 4 rings (SSSR count). The molecular formula is C19H16NOS3+. The van der Waals surface area contributed by atoms with E-state index in [1.54, 1.807) is 28.7 Å². The molecule has 0 bridgehead atoms. The summed E-state index contributed by atoms with van der Waals surface area (Å²) in [7, 11) is 0. The number of hydrogen-bond acceptors (Lipinski definition) is 4. The number of hydrogen-bond donors (Lipinski definition) is 1. The van der Waals surface area contributed by atoms with E-state index in [4.69, 9.17) is 0 Å². The third-order valence-corrected chi connectivity index (χ3v) is 7.06. The van der Waals surface area contributed by atoms with Crippen LogP contribution >= 0.6 is 34.0 Å². The Hall–Kier alpha value is -1.95. The van der Waals surface area contributed by atoms with E-state index in [-0.39, 0.29) is 0 Å². The van der Waals surface area contributed by atoms with E-state index in [1.807, 2.05) is 23.5 Å². The number of nitrogens with zero attached hydrogens (tertiary/aromatic N) is 1. The maximum Gasteiger partial charge on any atom is 0.262 e. The fourth-order valence-electron chi connectivity index (χ4n) is 2.69. The maximum absolute atomic E-state index is 9.74. The molecular weight excluding hydrogens is 354 g/mol.